The first-order valence-electron chi connectivity index (χ1n) is 10.4. The van der Waals surface area contributed by atoms with Gasteiger partial charge in [-0.25, -0.2) is 0 Å². The third-order valence-corrected chi connectivity index (χ3v) is 5.29. The average Bonchev–Trinajstić information content (AvgIpc) is 3.60. The monoisotopic (exact) mass is 399 g/mol. The Kier molecular flexibility index (Phi) is 6.59. The Bertz CT molecular complexity index is 834. The minimum atomic E-state index is -0.408. The van der Waals surface area contributed by atoms with Crippen molar-refractivity contribution in [2.75, 3.05) is 40.0 Å². The molecule has 2 heterocycles. The van der Waals surface area contributed by atoms with Crippen molar-refractivity contribution >= 4 is 16.8 Å². The molecule has 1 amide bonds. The lowest BCUT2D eigenvalue weighted by molar-refractivity contribution is -0.146. The molecule has 2 fully saturated rings. The van der Waals surface area contributed by atoms with E-state index in [1.807, 2.05) is 35.2 Å². The number of amides is 1. The summed E-state index contributed by atoms with van der Waals surface area (Å²) < 4.78 is 16.8. The SMILES string of the molecule is COCCCOc1cc(CN(C(=O)[C@H]2CNCCO2)C2CC2)nc2ccccc12. The predicted octanol–water partition coefficient (Wildman–Crippen LogP) is 2.13. The van der Waals surface area contributed by atoms with Crippen LogP contribution in [-0.2, 0) is 20.8 Å². The number of hydrogen-bond acceptors (Lipinski definition) is 6. The van der Waals surface area contributed by atoms with E-state index in [9.17, 15) is 4.79 Å². The fourth-order valence-corrected chi connectivity index (χ4v) is 3.64. The zero-order valence-corrected chi connectivity index (χ0v) is 16.9. The van der Waals surface area contributed by atoms with Crippen molar-refractivity contribution in [2.24, 2.45) is 0 Å². The molecule has 1 N–H and O–H groups in total. The first kappa shape index (κ1) is 20.1. The van der Waals surface area contributed by atoms with Crippen LogP contribution in [0, 0.1) is 0 Å². The number of hydrogen-bond donors (Lipinski definition) is 1. The standard InChI is InChI=1S/C22H29N3O4/c1-27-10-4-11-28-20-13-16(24-19-6-3-2-5-18(19)20)15-25(17-7-8-17)22(26)21-14-23-9-12-29-21/h2-3,5-6,13,17,21,23H,4,7-12,14-15H2,1H3/t21-/m1/s1. The minimum Gasteiger partial charge on any atom is -0.493 e. The van der Waals surface area contributed by atoms with Crippen molar-refractivity contribution in [1.29, 1.82) is 0 Å². The third-order valence-electron chi connectivity index (χ3n) is 5.29. The summed E-state index contributed by atoms with van der Waals surface area (Å²) >= 11 is 0. The molecular weight excluding hydrogens is 370 g/mol. The smallest absolute Gasteiger partial charge is 0.253 e. The summed E-state index contributed by atoms with van der Waals surface area (Å²) in [6.45, 7) is 3.65. The zero-order chi connectivity index (χ0) is 20.1. The maximum absolute atomic E-state index is 13.1. The topological polar surface area (TPSA) is 72.9 Å². The van der Waals surface area contributed by atoms with Crippen LogP contribution in [0.3, 0.4) is 0 Å². The molecule has 7 heteroatoms. The maximum atomic E-state index is 13.1. The lowest BCUT2D eigenvalue weighted by Crippen LogP contribution is -2.49. The van der Waals surface area contributed by atoms with E-state index >= 15 is 0 Å². The Balaban J connectivity index is 1.54. The van der Waals surface area contributed by atoms with Crippen LogP contribution in [0.15, 0.2) is 30.3 Å². The summed E-state index contributed by atoms with van der Waals surface area (Å²) in [5, 5.41) is 4.23. The number of rotatable bonds is 9. The van der Waals surface area contributed by atoms with Gasteiger partial charge in [0.2, 0.25) is 0 Å². The van der Waals surface area contributed by atoms with Crippen LogP contribution in [-0.4, -0.2) is 68.0 Å². The largest absolute Gasteiger partial charge is 0.493 e. The van der Waals surface area contributed by atoms with Gasteiger partial charge in [0.25, 0.3) is 5.91 Å². The Morgan fingerprint density at radius 2 is 2.17 bits per heavy atom. The fraction of sp³-hybridized carbons (Fsp3) is 0.545. The quantitative estimate of drug-likeness (QED) is 0.652. The molecule has 29 heavy (non-hydrogen) atoms. The lowest BCUT2D eigenvalue weighted by Gasteiger charge is -2.30. The molecule has 1 saturated heterocycles. The number of carbonyl (C=O) groups excluding carboxylic acids is 1. The maximum Gasteiger partial charge on any atom is 0.253 e. The van der Waals surface area contributed by atoms with Gasteiger partial charge in [0.1, 0.15) is 11.9 Å². The molecule has 0 unspecified atom stereocenters. The summed E-state index contributed by atoms with van der Waals surface area (Å²) in [6.07, 6.45) is 2.50. The van der Waals surface area contributed by atoms with Crippen LogP contribution in [0.4, 0.5) is 0 Å². The number of nitrogens with one attached hydrogen (secondary N) is 1. The molecule has 0 radical (unpaired) electrons. The first-order chi connectivity index (χ1) is 14.3. The fourth-order valence-electron chi connectivity index (χ4n) is 3.64. The van der Waals surface area contributed by atoms with E-state index in [0.29, 0.717) is 32.9 Å². The lowest BCUT2D eigenvalue weighted by atomic mass is 10.1. The molecule has 156 valence electrons. The number of aromatic nitrogens is 1. The van der Waals surface area contributed by atoms with Crippen LogP contribution >= 0.6 is 0 Å². The van der Waals surface area contributed by atoms with Crippen molar-refractivity contribution in [1.82, 2.24) is 15.2 Å². The number of benzene rings is 1. The molecule has 1 aromatic carbocycles. The highest BCUT2D eigenvalue weighted by Crippen LogP contribution is 2.31. The van der Waals surface area contributed by atoms with Crippen LogP contribution in [0.1, 0.15) is 25.0 Å². The molecule has 2 aromatic rings. The molecule has 1 saturated carbocycles. The van der Waals surface area contributed by atoms with Crippen LogP contribution in [0.2, 0.25) is 0 Å². The number of para-hydroxylation sites is 1. The van der Waals surface area contributed by atoms with Gasteiger partial charge in [-0.15, -0.1) is 0 Å². The van der Waals surface area contributed by atoms with E-state index in [1.165, 1.54) is 0 Å². The van der Waals surface area contributed by atoms with Crippen molar-refractivity contribution in [3.63, 3.8) is 0 Å². The second kappa shape index (κ2) is 9.52. The second-order valence-electron chi connectivity index (χ2n) is 7.58. The normalized spacial score (nSPS) is 19.3. The molecule has 1 aliphatic heterocycles. The van der Waals surface area contributed by atoms with Crippen LogP contribution < -0.4 is 10.1 Å². The van der Waals surface area contributed by atoms with Crippen LogP contribution in [0.5, 0.6) is 5.75 Å². The van der Waals surface area contributed by atoms with E-state index in [2.05, 4.69) is 5.32 Å². The Labute approximate surface area is 171 Å². The van der Waals surface area contributed by atoms with Gasteiger partial charge in [-0.05, 0) is 25.0 Å². The van der Waals surface area contributed by atoms with Gasteiger partial charge in [-0.2, -0.15) is 0 Å². The number of nitrogens with zero attached hydrogens (tertiary/aromatic N) is 2. The van der Waals surface area contributed by atoms with Crippen molar-refractivity contribution in [3.8, 4) is 5.75 Å². The molecule has 7 nitrogen and oxygen atoms in total. The molecule has 0 spiro atoms. The van der Waals surface area contributed by atoms with E-state index < -0.39 is 6.10 Å². The van der Waals surface area contributed by atoms with E-state index in [-0.39, 0.29) is 11.9 Å². The summed E-state index contributed by atoms with van der Waals surface area (Å²) in [7, 11) is 1.69. The van der Waals surface area contributed by atoms with Crippen molar-refractivity contribution < 1.29 is 19.0 Å². The van der Waals surface area contributed by atoms with Gasteiger partial charge < -0.3 is 24.4 Å². The van der Waals surface area contributed by atoms with E-state index in [4.69, 9.17) is 19.2 Å². The third kappa shape index (κ3) is 5.04. The highest BCUT2D eigenvalue weighted by atomic mass is 16.5. The summed E-state index contributed by atoms with van der Waals surface area (Å²) in [5.41, 5.74) is 1.72. The number of pyridine rings is 1. The molecule has 1 atom stereocenters. The first-order valence-corrected chi connectivity index (χ1v) is 10.4. The van der Waals surface area contributed by atoms with Gasteiger partial charge in [0.15, 0.2) is 0 Å². The Morgan fingerprint density at radius 3 is 2.93 bits per heavy atom. The Hall–Kier alpha value is -2.22. The highest BCUT2D eigenvalue weighted by Gasteiger charge is 2.37. The van der Waals surface area contributed by atoms with E-state index in [0.717, 1.165) is 48.2 Å². The number of fused-ring (bicyclic) bond motifs is 1. The molecule has 0 bridgehead atoms. The Morgan fingerprint density at radius 1 is 1.31 bits per heavy atom. The number of methoxy groups -OCH3 is 1. The van der Waals surface area contributed by atoms with Gasteiger partial charge in [0.05, 0.1) is 31.0 Å². The van der Waals surface area contributed by atoms with Crippen molar-refractivity contribution in [3.05, 3.63) is 36.0 Å². The zero-order valence-electron chi connectivity index (χ0n) is 16.9. The van der Waals surface area contributed by atoms with Gasteiger partial charge in [-0.1, -0.05) is 12.1 Å². The molecule has 1 aliphatic carbocycles. The van der Waals surface area contributed by atoms with Gasteiger partial charge >= 0.3 is 0 Å². The highest BCUT2D eigenvalue weighted by molar-refractivity contribution is 5.85. The molecule has 4 rings (SSSR count). The van der Waals surface area contributed by atoms with Gasteiger partial charge in [-0.3, -0.25) is 9.78 Å². The van der Waals surface area contributed by atoms with Crippen LogP contribution in [0.25, 0.3) is 10.9 Å². The van der Waals surface area contributed by atoms with Crippen molar-refractivity contribution in [2.45, 2.75) is 38.0 Å². The predicted molar refractivity (Wildman–Crippen MR) is 110 cm³/mol. The van der Waals surface area contributed by atoms with Gasteiger partial charge in [0, 0.05) is 50.7 Å². The number of carbonyl (C=O) groups is 1. The average molecular weight is 399 g/mol. The molecule has 1 aromatic heterocycles. The minimum absolute atomic E-state index is 0.0530. The summed E-state index contributed by atoms with van der Waals surface area (Å²) in [5.74, 6) is 0.859. The number of ether oxygens (including phenoxy) is 3. The molecule has 2 aliphatic rings. The summed E-state index contributed by atoms with van der Waals surface area (Å²) in [4.78, 5) is 19.8. The second-order valence-corrected chi connectivity index (χ2v) is 7.58. The summed E-state index contributed by atoms with van der Waals surface area (Å²) in [6, 6.07) is 10.2. The molecular formula is C22H29N3O4. The van der Waals surface area contributed by atoms with E-state index in [1.54, 1.807) is 7.11 Å². The number of morpholine rings is 1.